The highest BCUT2D eigenvalue weighted by atomic mass is 32.1. The van der Waals surface area contributed by atoms with E-state index in [1.807, 2.05) is 47.0 Å². The molecule has 0 aliphatic rings. The van der Waals surface area contributed by atoms with Crippen LogP contribution >= 0.6 is 11.3 Å². The molecule has 0 spiro atoms. The van der Waals surface area contributed by atoms with Crippen molar-refractivity contribution in [2.45, 2.75) is 34.2 Å². The Morgan fingerprint density at radius 1 is 1.35 bits per heavy atom. The molecule has 2 aromatic rings. The smallest absolute Gasteiger partial charge is 0.261 e. The summed E-state index contributed by atoms with van der Waals surface area (Å²) in [4.78, 5) is 24.9. The molecule has 2 aromatic heterocycles. The quantitative estimate of drug-likeness (QED) is 0.902. The van der Waals surface area contributed by atoms with Crippen LogP contribution in [0.3, 0.4) is 0 Å². The maximum Gasteiger partial charge on any atom is 0.261 e. The SMILES string of the molecule is Cc1cc(NC(=O)C(C)(C)C)sc1C(=O)NCc1cnn(C)c1. The Morgan fingerprint density at radius 2 is 2.04 bits per heavy atom. The van der Waals surface area contributed by atoms with Gasteiger partial charge in [-0.05, 0) is 18.6 Å². The Morgan fingerprint density at radius 3 is 2.61 bits per heavy atom. The molecule has 2 N–H and O–H groups in total. The lowest BCUT2D eigenvalue weighted by atomic mass is 9.96. The molecule has 2 amide bonds. The van der Waals surface area contributed by atoms with E-state index in [2.05, 4.69) is 15.7 Å². The second-order valence-corrected chi connectivity index (χ2v) is 7.58. The van der Waals surface area contributed by atoms with Crippen LogP contribution in [0.25, 0.3) is 0 Å². The number of hydrogen-bond acceptors (Lipinski definition) is 4. The first-order valence-corrected chi connectivity index (χ1v) is 8.16. The molecule has 7 heteroatoms. The van der Waals surface area contributed by atoms with E-state index in [1.54, 1.807) is 10.9 Å². The molecule has 0 saturated carbocycles. The van der Waals surface area contributed by atoms with Crippen LogP contribution in [0.2, 0.25) is 0 Å². The molecular weight excluding hydrogens is 312 g/mol. The van der Waals surface area contributed by atoms with Crippen LogP contribution in [0.1, 0.15) is 41.6 Å². The number of hydrogen-bond donors (Lipinski definition) is 2. The summed E-state index contributed by atoms with van der Waals surface area (Å²) in [7, 11) is 1.83. The minimum atomic E-state index is -0.472. The van der Waals surface area contributed by atoms with Gasteiger partial charge in [0.05, 0.1) is 16.1 Å². The van der Waals surface area contributed by atoms with Gasteiger partial charge in [0.25, 0.3) is 5.91 Å². The van der Waals surface area contributed by atoms with Crippen molar-refractivity contribution in [1.82, 2.24) is 15.1 Å². The molecule has 0 radical (unpaired) electrons. The highest BCUT2D eigenvalue weighted by Crippen LogP contribution is 2.28. The van der Waals surface area contributed by atoms with Gasteiger partial charge in [-0.15, -0.1) is 11.3 Å². The Balaban J connectivity index is 2.02. The highest BCUT2D eigenvalue weighted by Gasteiger charge is 2.23. The Bertz CT molecular complexity index is 725. The molecule has 2 heterocycles. The summed E-state index contributed by atoms with van der Waals surface area (Å²) in [6, 6.07) is 1.83. The fourth-order valence-electron chi connectivity index (χ4n) is 1.89. The van der Waals surface area contributed by atoms with Gasteiger partial charge in [-0.25, -0.2) is 0 Å². The van der Waals surface area contributed by atoms with E-state index in [0.717, 1.165) is 11.1 Å². The van der Waals surface area contributed by atoms with Crippen molar-refractivity contribution in [3.05, 3.63) is 34.5 Å². The van der Waals surface area contributed by atoms with Crippen LogP contribution in [0, 0.1) is 12.3 Å². The Kier molecular flexibility index (Phi) is 4.89. The molecule has 0 aromatic carbocycles. The van der Waals surface area contributed by atoms with Gasteiger partial charge in [-0.2, -0.15) is 5.10 Å². The van der Waals surface area contributed by atoms with E-state index < -0.39 is 5.41 Å². The van der Waals surface area contributed by atoms with Crippen molar-refractivity contribution >= 4 is 28.2 Å². The number of aryl methyl sites for hydroxylation is 2. The molecule has 0 saturated heterocycles. The molecule has 0 fully saturated rings. The molecule has 124 valence electrons. The topological polar surface area (TPSA) is 76.0 Å². The van der Waals surface area contributed by atoms with Gasteiger partial charge in [0.1, 0.15) is 0 Å². The van der Waals surface area contributed by atoms with Gasteiger partial charge in [0.15, 0.2) is 0 Å². The molecule has 2 rings (SSSR count). The maximum absolute atomic E-state index is 12.3. The van der Waals surface area contributed by atoms with Crippen LogP contribution < -0.4 is 10.6 Å². The second-order valence-electron chi connectivity index (χ2n) is 6.53. The van der Waals surface area contributed by atoms with Crippen molar-refractivity contribution in [1.29, 1.82) is 0 Å². The number of carbonyl (C=O) groups is 2. The number of aromatic nitrogens is 2. The molecule has 0 atom stereocenters. The van der Waals surface area contributed by atoms with Crippen molar-refractivity contribution in [2.24, 2.45) is 12.5 Å². The van der Waals surface area contributed by atoms with Crippen LogP contribution in [-0.2, 0) is 18.4 Å². The highest BCUT2D eigenvalue weighted by molar-refractivity contribution is 7.18. The maximum atomic E-state index is 12.3. The number of anilines is 1. The second kappa shape index (κ2) is 6.54. The average molecular weight is 334 g/mol. The van der Waals surface area contributed by atoms with Gasteiger partial charge >= 0.3 is 0 Å². The van der Waals surface area contributed by atoms with Gasteiger partial charge in [-0.3, -0.25) is 14.3 Å². The molecular formula is C16H22N4O2S. The summed E-state index contributed by atoms with van der Waals surface area (Å²) >= 11 is 1.29. The zero-order valence-corrected chi connectivity index (χ0v) is 14.9. The lowest BCUT2D eigenvalue weighted by Crippen LogP contribution is -2.27. The summed E-state index contributed by atoms with van der Waals surface area (Å²) < 4.78 is 1.69. The summed E-state index contributed by atoms with van der Waals surface area (Å²) in [6.45, 7) is 7.84. The normalized spacial score (nSPS) is 11.3. The molecule has 0 aliphatic carbocycles. The van der Waals surface area contributed by atoms with Crippen molar-refractivity contribution in [2.75, 3.05) is 5.32 Å². The summed E-state index contributed by atoms with van der Waals surface area (Å²) in [5.74, 6) is -0.214. The first-order chi connectivity index (χ1) is 10.7. The van der Waals surface area contributed by atoms with E-state index in [4.69, 9.17) is 0 Å². The molecule has 0 aliphatic heterocycles. The minimum absolute atomic E-state index is 0.0685. The van der Waals surface area contributed by atoms with Crippen LogP contribution in [0.5, 0.6) is 0 Å². The van der Waals surface area contributed by atoms with E-state index in [9.17, 15) is 9.59 Å². The molecule has 0 unspecified atom stereocenters. The number of amides is 2. The lowest BCUT2D eigenvalue weighted by molar-refractivity contribution is -0.123. The number of thiophene rings is 1. The fraction of sp³-hybridized carbons (Fsp3) is 0.438. The van der Waals surface area contributed by atoms with Crippen LogP contribution in [-0.4, -0.2) is 21.6 Å². The van der Waals surface area contributed by atoms with E-state index in [1.165, 1.54) is 11.3 Å². The summed E-state index contributed by atoms with van der Waals surface area (Å²) in [5.41, 5.74) is 1.32. The first-order valence-electron chi connectivity index (χ1n) is 7.34. The summed E-state index contributed by atoms with van der Waals surface area (Å²) in [6.07, 6.45) is 3.58. The third-order valence-corrected chi connectivity index (χ3v) is 4.40. The molecule has 0 bridgehead atoms. The van der Waals surface area contributed by atoms with Gasteiger partial charge < -0.3 is 10.6 Å². The Hall–Kier alpha value is -2.15. The van der Waals surface area contributed by atoms with Crippen molar-refractivity contribution in [3.63, 3.8) is 0 Å². The average Bonchev–Trinajstić information content (AvgIpc) is 3.01. The first kappa shape index (κ1) is 17.2. The zero-order valence-electron chi connectivity index (χ0n) is 14.1. The van der Waals surface area contributed by atoms with Crippen LogP contribution in [0.4, 0.5) is 5.00 Å². The Labute approximate surface area is 139 Å². The number of carbonyl (C=O) groups excluding carboxylic acids is 2. The van der Waals surface area contributed by atoms with E-state index in [-0.39, 0.29) is 11.8 Å². The van der Waals surface area contributed by atoms with Gasteiger partial charge in [0, 0.05) is 30.8 Å². The third kappa shape index (κ3) is 4.41. The van der Waals surface area contributed by atoms with E-state index in [0.29, 0.717) is 16.4 Å². The monoisotopic (exact) mass is 334 g/mol. The van der Waals surface area contributed by atoms with Crippen molar-refractivity contribution in [3.8, 4) is 0 Å². The largest absolute Gasteiger partial charge is 0.347 e. The minimum Gasteiger partial charge on any atom is -0.347 e. The lowest BCUT2D eigenvalue weighted by Gasteiger charge is -2.16. The number of rotatable bonds is 4. The molecule has 23 heavy (non-hydrogen) atoms. The standard InChI is InChI=1S/C16H22N4O2S/c1-10-6-12(19-15(22)16(2,3)4)23-13(10)14(21)17-7-11-8-18-20(5)9-11/h6,8-9H,7H2,1-5H3,(H,17,21)(H,19,22). The number of nitrogens with zero attached hydrogens (tertiary/aromatic N) is 2. The predicted molar refractivity (Wildman–Crippen MR) is 91.5 cm³/mol. The van der Waals surface area contributed by atoms with E-state index >= 15 is 0 Å². The summed E-state index contributed by atoms with van der Waals surface area (Å²) in [5, 5.41) is 10.5. The zero-order chi connectivity index (χ0) is 17.2. The number of nitrogens with one attached hydrogen (secondary N) is 2. The van der Waals surface area contributed by atoms with Crippen molar-refractivity contribution < 1.29 is 9.59 Å². The van der Waals surface area contributed by atoms with Gasteiger partial charge in [0.2, 0.25) is 5.91 Å². The molecule has 6 nitrogen and oxygen atoms in total. The predicted octanol–water partition coefficient (Wildman–Crippen LogP) is 2.70. The van der Waals surface area contributed by atoms with Crippen LogP contribution in [0.15, 0.2) is 18.5 Å². The van der Waals surface area contributed by atoms with Gasteiger partial charge in [-0.1, -0.05) is 20.8 Å². The fourth-order valence-corrected chi connectivity index (χ4v) is 2.88. The third-order valence-electron chi connectivity index (χ3n) is 3.25.